The first-order valence-corrected chi connectivity index (χ1v) is 29.6. The Labute approximate surface area is 512 Å². The molecule has 28 nitrogen and oxygen atoms in total. The molecule has 1 N–H and O–H groups in total. The molecule has 2 aromatic carbocycles. The summed E-state index contributed by atoms with van der Waals surface area (Å²) in [6.07, 6.45) is 0.0320. The zero-order chi connectivity index (χ0) is 62.7. The Morgan fingerprint density at radius 1 is 0.409 bits per heavy atom. The van der Waals surface area contributed by atoms with E-state index >= 15 is 0 Å². The van der Waals surface area contributed by atoms with Crippen molar-refractivity contribution in [2.75, 3.05) is 183 Å². The van der Waals surface area contributed by atoms with E-state index in [4.69, 9.17) is 66.5 Å². The summed E-state index contributed by atoms with van der Waals surface area (Å²) in [7, 11) is 0. The quantitative estimate of drug-likeness (QED) is 0.0553. The SMILES string of the molecule is O=C(CCC(=O)N1Cc2ccccc2C#Cc2ccccc21)NCCOCCOCCOCCOCCC(=O)N(CCOCCOCCOCCOCCC(=O)ON1C(=O)CCC1=O)CCOCCOCCOCCOCCC(=O)ON1C(=O)CCC1=O. The molecular formula is C60H83N5O23. The van der Waals surface area contributed by atoms with Gasteiger partial charge in [0.25, 0.3) is 23.6 Å². The molecule has 0 spiro atoms. The molecule has 2 saturated heterocycles. The second-order valence-corrected chi connectivity index (χ2v) is 19.3. The second kappa shape index (κ2) is 44.6. The maximum Gasteiger partial charge on any atom is 0.335 e. The number of nitrogens with zero attached hydrogens (tertiary/aromatic N) is 4. The lowest BCUT2D eigenvalue weighted by molar-refractivity contribution is -0.198. The highest BCUT2D eigenvalue weighted by molar-refractivity contribution is 6.02. The Kier molecular flexibility index (Phi) is 36.4. The standard InChI is InChI=1S/C60H83N5O23/c66-52(11-12-54(68)63-47-50-7-2-1-5-48(50)9-10-49-6-3-4-8-51(49)63)61-20-26-78-32-38-84-44-41-81-35-29-75-23-17-53(67)62(21-27-79-33-39-85-45-42-82-36-30-76-24-18-59(73)87-64-55(69)13-14-56(64)70)22-28-80-34-40-86-46-43-83-37-31-77-25-19-60(74)88-65-57(71)15-16-58(65)72/h1-8H,11-47H2,(H,61,66). The minimum atomic E-state index is -0.742. The summed E-state index contributed by atoms with van der Waals surface area (Å²) in [5, 5.41) is 3.79. The Morgan fingerprint density at radius 2 is 0.773 bits per heavy atom. The van der Waals surface area contributed by atoms with Gasteiger partial charge in [0.05, 0.1) is 190 Å². The van der Waals surface area contributed by atoms with Gasteiger partial charge in [-0.25, -0.2) is 9.59 Å². The minimum absolute atomic E-state index is 0.0202. The molecule has 3 heterocycles. The molecule has 486 valence electrons. The van der Waals surface area contributed by atoms with E-state index < -0.39 is 35.6 Å². The van der Waals surface area contributed by atoms with Gasteiger partial charge in [-0.1, -0.05) is 42.2 Å². The molecule has 28 heteroatoms. The first-order chi connectivity index (χ1) is 43.0. The van der Waals surface area contributed by atoms with Gasteiger partial charge < -0.3 is 81.6 Å². The van der Waals surface area contributed by atoms with E-state index in [1.54, 1.807) is 9.80 Å². The number of rotatable bonds is 50. The highest BCUT2D eigenvalue weighted by Gasteiger charge is 2.34. The van der Waals surface area contributed by atoms with Gasteiger partial charge in [0, 0.05) is 69.3 Å². The topological polar surface area (TPSA) is 308 Å². The van der Waals surface area contributed by atoms with E-state index in [-0.39, 0.29) is 161 Å². The zero-order valence-electron chi connectivity index (χ0n) is 50.0. The number of nitrogens with one attached hydrogen (secondary N) is 1. The van der Waals surface area contributed by atoms with Crippen LogP contribution in [0.25, 0.3) is 0 Å². The number of imide groups is 2. The number of hydrogen-bond donors (Lipinski definition) is 1. The van der Waals surface area contributed by atoms with Gasteiger partial charge in [-0.2, -0.15) is 0 Å². The van der Waals surface area contributed by atoms with Gasteiger partial charge in [0.1, 0.15) is 0 Å². The molecule has 3 aliphatic rings. The van der Waals surface area contributed by atoms with Crippen LogP contribution in [0.1, 0.15) is 74.5 Å². The molecular weight excluding hydrogens is 1160 g/mol. The zero-order valence-corrected chi connectivity index (χ0v) is 50.0. The van der Waals surface area contributed by atoms with Gasteiger partial charge >= 0.3 is 11.9 Å². The van der Waals surface area contributed by atoms with Gasteiger partial charge in [0.15, 0.2) is 0 Å². The van der Waals surface area contributed by atoms with E-state index in [9.17, 15) is 43.2 Å². The predicted molar refractivity (Wildman–Crippen MR) is 307 cm³/mol. The van der Waals surface area contributed by atoms with Crippen molar-refractivity contribution in [1.29, 1.82) is 0 Å². The number of ether oxygens (including phenoxy) is 12. The van der Waals surface area contributed by atoms with Crippen LogP contribution in [0, 0.1) is 11.8 Å². The lowest BCUT2D eigenvalue weighted by atomic mass is 10.0. The minimum Gasteiger partial charge on any atom is -0.379 e. The monoisotopic (exact) mass is 1240 g/mol. The average Bonchev–Trinajstić information content (AvgIpc) is 4.19. The maximum atomic E-state index is 13.4. The van der Waals surface area contributed by atoms with E-state index in [0.29, 0.717) is 109 Å². The molecule has 2 fully saturated rings. The predicted octanol–water partition coefficient (Wildman–Crippen LogP) is 1.24. The number of carbonyl (C=O) groups excluding carboxylic acids is 9. The number of amides is 7. The van der Waals surface area contributed by atoms with Crippen LogP contribution in [-0.4, -0.2) is 247 Å². The number of para-hydroxylation sites is 1. The first kappa shape index (κ1) is 71.9. The second-order valence-electron chi connectivity index (χ2n) is 19.3. The fourth-order valence-corrected chi connectivity index (χ4v) is 8.15. The Balaban J connectivity index is 0.839. The van der Waals surface area contributed by atoms with Crippen molar-refractivity contribution in [1.82, 2.24) is 20.3 Å². The van der Waals surface area contributed by atoms with Crippen LogP contribution in [0.4, 0.5) is 5.69 Å². The number of benzene rings is 2. The number of anilines is 1. The van der Waals surface area contributed by atoms with Crippen molar-refractivity contribution in [3.63, 3.8) is 0 Å². The molecule has 88 heavy (non-hydrogen) atoms. The van der Waals surface area contributed by atoms with E-state index in [2.05, 4.69) is 17.2 Å². The average molecular weight is 1240 g/mol. The number of hydroxylamine groups is 4. The van der Waals surface area contributed by atoms with Crippen LogP contribution in [0.5, 0.6) is 0 Å². The van der Waals surface area contributed by atoms with Crippen molar-refractivity contribution in [2.24, 2.45) is 0 Å². The summed E-state index contributed by atoms with van der Waals surface area (Å²) in [4.78, 5) is 122. The summed E-state index contributed by atoms with van der Waals surface area (Å²) < 4.78 is 66.6. The molecule has 0 radical (unpaired) electrons. The number of fused-ring (bicyclic) bond motifs is 2. The summed E-state index contributed by atoms with van der Waals surface area (Å²) in [6.45, 7) is 7.48. The first-order valence-electron chi connectivity index (χ1n) is 29.6. The Hall–Kier alpha value is -6.85. The molecule has 5 rings (SSSR count). The number of carbonyl (C=O) groups is 9. The third kappa shape index (κ3) is 29.9. The highest BCUT2D eigenvalue weighted by atomic mass is 16.7. The van der Waals surface area contributed by atoms with Crippen LogP contribution in [0.2, 0.25) is 0 Å². The highest BCUT2D eigenvalue weighted by Crippen LogP contribution is 2.26. The van der Waals surface area contributed by atoms with Crippen LogP contribution < -0.4 is 10.2 Å². The molecule has 7 amide bonds. The van der Waals surface area contributed by atoms with Crippen LogP contribution in [0.3, 0.4) is 0 Å². The fourth-order valence-electron chi connectivity index (χ4n) is 8.15. The molecule has 0 atom stereocenters. The van der Waals surface area contributed by atoms with Crippen molar-refractivity contribution in [2.45, 2.75) is 64.3 Å². The lowest BCUT2D eigenvalue weighted by Gasteiger charge is -2.26. The summed E-state index contributed by atoms with van der Waals surface area (Å²) in [6, 6.07) is 15.2. The molecule has 0 aromatic heterocycles. The maximum absolute atomic E-state index is 13.4. The van der Waals surface area contributed by atoms with E-state index in [0.717, 1.165) is 22.4 Å². The smallest absolute Gasteiger partial charge is 0.335 e. The molecule has 0 unspecified atom stereocenters. The van der Waals surface area contributed by atoms with Crippen molar-refractivity contribution < 1.29 is 110 Å². The molecule has 0 aliphatic carbocycles. The number of hydrogen-bond acceptors (Lipinski definition) is 23. The van der Waals surface area contributed by atoms with Crippen LogP contribution >= 0.6 is 0 Å². The molecule has 3 aliphatic heterocycles. The third-order valence-corrected chi connectivity index (χ3v) is 12.8. The van der Waals surface area contributed by atoms with Gasteiger partial charge in [-0.3, -0.25) is 33.6 Å². The largest absolute Gasteiger partial charge is 0.379 e. The van der Waals surface area contributed by atoms with Gasteiger partial charge in [-0.05, 0) is 23.8 Å². The Morgan fingerprint density at radius 3 is 1.23 bits per heavy atom. The van der Waals surface area contributed by atoms with E-state index in [1.165, 1.54) is 0 Å². The van der Waals surface area contributed by atoms with Crippen molar-refractivity contribution >= 4 is 59.0 Å². The lowest BCUT2D eigenvalue weighted by Crippen LogP contribution is -2.37. The van der Waals surface area contributed by atoms with Gasteiger partial charge in [-0.15, -0.1) is 10.1 Å². The summed E-state index contributed by atoms with van der Waals surface area (Å²) >= 11 is 0. The normalized spacial score (nSPS) is 13.7. The molecule has 2 aromatic rings. The fraction of sp³-hybridized carbons (Fsp3) is 0.617. The summed E-state index contributed by atoms with van der Waals surface area (Å²) in [5.74, 6) is 2.16. The van der Waals surface area contributed by atoms with Crippen molar-refractivity contribution in [3.8, 4) is 11.8 Å². The van der Waals surface area contributed by atoms with E-state index in [1.807, 2.05) is 48.5 Å². The van der Waals surface area contributed by atoms with Crippen LogP contribution in [-0.2, 0) is 116 Å². The van der Waals surface area contributed by atoms with Crippen molar-refractivity contribution in [3.05, 3.63) is 65.2 Å². The summed E-state index contributed by atoms with van der Waals surface area (Å²) in [5.41, 5.74) is 3.29. The Bertz CT molecular complexity index is 2430. The molecule has 0 bridgehead atoms. The third-order valence-electron chi connectivity index (χ3n) is 12.8. The molecule has 0 saturated carbocycles. The van der Waals surface area contributed by atoms with Crippen LogP contribution in [0.15, 0.2) is 48.5 Å². The van der Waals surface area contributed by atoms with Gasteiger partial charge in [0.2, 0.25) is 17.7 Å².